The molecule has 1 saturated heterocycles. The second-order valence-electron chi connectivity index (χ2n) is 7.26. The molecule has 0 aliphatic carbocycles. The van der Waals surface area contributed by atoms with E-state index in [0.717, 1.165) is 30.8 Å². The van der Waals surface area contributed by atoms with E-state index in [0.29, 0.717) is 24.9 Å². The first-order valence-electron chi connectivity index (χ1n) is 10.2. The van der Waals surface area contributed by atoms with Crippen molar-refractivity contribution in [1.82, 2.24) is 5.32 Å². The van der Waals surface area contributed by atoms with Crippen molar-refractivity contribution in [2.24, 2.45) is 0 Å². The lowest BCUT2D eigenvalue weighted by atomic mass is 9.99. The fraction of sp³-hybridized carbons (Fsp3) is 0.333. The van der Waals surface area contributed by atoms with Gasteiger partial charge in [-0.15, -0.1) is 0 Å². The zero-order chi connectivity index (χ0) is 22.6. The highest BCUT2D eigenvalue weighted by Crippen LogP contribution is 2.33. The summed E-state index contributed by atoms with van der Waals surface area (Å²) in [4.78, 5) is 19.1. The van der Waals surface area contributed by atoms with E-state index in [4.69, 9.17) is 19.7 Å². The molecule has 1 unspecified atom stereocenters. The molecule has 0 radical (unpaired) electrons. The number of carbonyl (C=O) groups is 2. The van der Waals surface area contributed by atoms with Crippen molar-refractivity contribution in [2.45, 2.75) is 39.1 Å². The quantitative estimate of drug-likeness (QED) is 0.551. The molecule has 3 rings (SSSR count). The predicted octanol–water partition coefficient (Wildman–Crippen LogP) is 3.73. The van der Waals surface area contributed by atoms with E-state index in [2.05, 4.69) is 55.6 Å². The van der Waals surface area contributed by atoms with Crippen LogP contribution in [0.25, 0.3) is 11.1 Å². The average molecular weight is 427 g/mol. The van der Waals surface area contributed by atoms with Gasteiger partial charge in [-0.05, 0) is 44.0 Å². The Labute approximate surface area is 182 Å². The zero-order valence-corrected chi connectivity index (χ0v) is 17.8. The summed E-state index contributed by atoms with van der Waals surface area (Å²) < 4.78 is 12.1. The molecule has 0 bridgehead atoms. The molecule has 3 N–H and O–H groups in total. The van der Waals surface area contributed by atoms with Crippen molar-refractivity contribution >= 4 is 11.9 Å². The number of benzene rings is 2. The van der Waals surface area contributed by atoms with E-state index >= 15 is 0 Å². The topological polar surface area (TPSA) is 105 Å². The normalized spacial score (nSPS) is 15.5. The van der Waals surface area contributed by atoms with E-state index < -0.39 is 11.9 Å². The third-order valence-corrected chi connectivity index (χ3v) is 4.42. The van der Waals surface area contributed by atoms with Gasteiger partial charge in [-0.1, -0.05) is 42.5 Å². The van der Waals surface area contributed by atoms with Gasteiger partial charge >= 0.3 is 11.9 Å². The van der Waals surface area contributed by atoms with Crippen LogP contribution in [0.3, 0.4) is 0 Å². The smallest absolute Gasteiger partial charge is 0.328 e. The lowest BCUT2D eigenvalue weighted by Gasteiger charge is -2.17. The van der Waals surface area contributed by atoms with Gasteiger partial charge in [0.2, 0.25) is 0 Å². The number of hydrogen-bond donors (Lipinski definition) is 3. The summed E-state index contributed by atoms with van der Waals surface area (Å²) in [6, 6.07) is 16.7. The van der Waals surface area contributed by atoms with Crippen molar-refractivity contribution < 1.29 is 29.3 Å². The standard InChI is InChI=1S/C20H25NO2.C4H4O4/c1-15(2)23-20-10-6-5-9-19(20)18-8-4-3-7-16(18)14-22-17-11-12-21-13-17;5-3(6)1-2-4(7)8/h3-10,15,17,21H,11-14H2,1-2H3;1-2H,(H,5,6)(H,7,8). The molecule has 1 atom stereocenters. The first kappa shape index (κ1) is 24.1. The zero-order valence-electron chi connectivity index (χ0n) is 17.8. The summed E-state index contributed by atoms with van der Waals surface area (Å²) in [5.74, 6) is -1.59. The van der Waals surface area contributed by atoms with Gasteiger partial charge in [-0.25, -0.2) is 9.59 Å². The number of nitrogens with one attached hydrogen (secondary N) is 1. The SMILES string of the molecule is CC(C)Oc1ccccc1-c1ccccc1COC1CCNC1.O=C(O)C=CC(=O)O. The Kier molecular flexibility index (Phi) is 9.74. The Morgan fingerprint density at radius 3 is 2.23 bits per heavy atom. The van der Waals surface area contributed by atoms with Crippen LogP contribution in [-0.4, -0.2) is 47.4 Å². The summed E-state index contributed by atoms with van der Waals surface area (Å²) in [5.41, 5.74) is 3.53. The number of rotatable bonds is 8. The van der Waals surface area contributed by atoms with Gasteiger partial charge in [0.15, 0.2) is 0 Å². The van der Waals surface area contributed by atoms with Crippen LogP contribution in [0.4, 0.5) is 0 Å². The number of carboxylic acids is 2. The number of aliphatic carboxylic acids is 2. The fourth-order valence-corrected chi connectivity index (χ4v) is 3.08. The van der Waals surface area contributed by atoms with Gasteiger partial charge in [0.05, 0.1) is 18.8 Å². The lowest BCUT2D eigenvalue weighted by molar-refractivity contribution is -0.134. The molecule has 1 aliphatic rings. The number of carboxylic acid groups (broad SMARTS) is 2. The van der Waals surface area contributed by atoms with E-state index in [-0.39, 0.29) is 6.10 Å². The second kappa shape index (κ2) is 12.5. The summed E-state index contributed by atoms with van der Waals surface area (Å²) >= 11 is 0. The molecule has 1 fully saturated rings. The van der Waals surface area contributed by atoms with Crippen molar-refractivity contribution in [1.29, 1.82) is 0 Å². The highest BCUT2D eigenvalue weighted by atomic mass is 16.5. The maximum Gasteiger partial charge on any atom is 0.328 e. The summed E-state index contributed by atoms with van der Waals surface area (Å²) in [6.45, 7) is 6.75. The Morgan fingerprint density at radius 2 is 1.65 bits per heavy atom. The van der Waals surface area contributed by atoms with Crippen LogP contribution >= 0.6 is 0 Å². The third-order valence-electron chi connectivity index (χ3n) is 4.42. The monoisotopic (exact) mass is 427 g/mol. The third kappa shape index (κ3) is 8.62. The molecule has 1 heterocycles. The van der Waals surface area contributed by atoms with Crippen LogP contribution in [-0.2, 0) is 20.9 Å². The molecule has 166 valence electrons. The van der Waals surface area contributed by atoms with E-state index in [1.165, 1.54) is 11.1 Å². The molecule has 1 aliphatic heterocycles. The molecule has 2 aromatic rings. The van der Waals surface area contributed by atoms with Crippen LogP contribution in [0.1, 0.15) is 25.8 Å². The van der Waals surface area contributed by atoms with E-state index in [1.54, 1.807) is 0 Å². The van der Waals surface area contributed by atoms with Gasteiger partial charge in [-0.3, -0.25) is 0 Å². The van der Waals surface area contributed by atoms with Crippen LogP contribution in [0.5, 0.6) is 5.75 Å². The maximum atomic E-state index is 9.55. The fourth-order valence-electron chi connectivity index (χ4n) is 3.08. The molecule has 7 heteroatoms. The van der Waals surface area contributed by atoms with Crippen LogP contribution in [0.15, 0.2) is 60.7 Å². The average Bonchev–Trinajstić information content (AvgIpc) is 3.25. The summed E-state index contributed by atoms with van der Waals surface area (Å²) in [5, 5.41) is 19.0. The van der Waals surface area contributed by atoms with Crippen LogP contribution in [0, 0.1) is 0 Å². The van der Waals surface area contributed by atoms with Gasteiger partial charge in [0, 0.05) is 24.3 Å². The minimum atomic E-state index is -1.26. The Bertz CT molecular complexity index is 871. The van der Waals surface area contributed by atoms with Crippen molar-refractivity contribution in [2.75, 3.05) is 13.1 Å². The van der Waals surface area contributed by atoms with Crippen molar-refractivity contribution in [3.8, 4) is 16.9 Å². The van der Waals surface area contributed by atoms with Gasteiger partial charge in [0.25, 0.3) is 0 Å². The number of para-hydroxylation sites is 1. The molecule has 0 spiro atoms. The lowest BCUT2D eigenvalue weighted by Crippen LogP contribution is -2.16. The van der Waals surface area contributed by atoms with Gasteiger partial charge < -0.3 is 25.0 Å². The molecule has 2 aromatic carbocycles. The number of hydrogen-bond acceptors (Lipinski definition) is 5. The first-order valence-corrected chi connectivity index (χ1v) is 10.2. The minimum absolute atomic E-state index is 0.157. The van der Waals surface area contributed by atoms with E-state index in [9.17, 15) is 9.59 Å². The Hall–Kier alpha value is -3.16. The maximum absolute atomic E-state index is 9.55. The Balaban J connectivity index is 0.000000366. The van der Waals surface area contributed by atoms with Crippen LogP contribution in [0.2, 0.25) is 0 Å². The highest BCUT2D eigenvalue weighted by molar-refractivity contribution is 5.89. The largest absolute Gasteiger partial charge is 0.490 e. The Morgan fingerprint density at radius 1 is 1.03 bits per heavy atom. The predicted molar refractivity (Wildman–Crippen MR) is 118 cm³/mol. The van der Waals surface area contributed by atoms with Crippen molar-refractivity contribution in [3.63, 3.8) is 0 Å². The molecule has 7 nitrogen and oxygen atoms in total. The molecule has 0 amide bonds. The molecule has 31 heavy (non-hydrogen) atoms. The second-order valence-corrected chi connectivity index (χ2v) is 7.26. The van der Waals surface area contributed by atoms with Gasteiger partial charge in [0.1, 0.15) is 5.75 Å². The van der Waals surface area contributed by atoms with Crippen LogP contribution < -0.4 is 10.1 Å². The molecular weight excluding hydrogens is 398 g/mol. The molecule has 0 saturated carbocycles. The molecule has 0 aromatic heterocycles. The summed E-state index contributed by atoms with van der Waals surface area (Å²) in [7, 11) is 0. The summed E-state index contributed by atoms with van der Waals surface area (Å²) in [6.07, 6.45) is 2.69. The number of ether oxygens (including phenoxy) is 2. The van der Waals surface area contributed by atoms with E-state index in [1.807, 2.05) is 12.1 Å². The first-order chi connectivity index (χ1) is 14.9. The van der Waals surface area contributed by atoms with Gasteiger partial charge in [-0.2, -0.15) is 0 Å². The minimum Gasteiger partial charge on any atom is -0.490 e. The van der Waals surface area contributed by atoms with Crippen molar-refractivity contribution in [3.05, 3.63) is 66.2 Å². The molecular formula is C24H29NO6. The highest BCUT2D eigenvalue weighted by Gasteiger charge is 2.16.